The zero-order chi connectivity index (χ0) is 23.3. The first-order chi connectivity index (χ1) is 15.9. The van der Waals surface area contributed by atoms with Crippen LogP contribution in [0.2, 0.25) is 5.02 Å². The number of amides is 1. The lowest BCUT2D eigenvalue weighted by Crippen LogP contribution is -2.41. The molecule has 0 aliphatic carbocycles. The van der Waals surface area contributed by atoms with E-state index < -0.39 is 10.0 Å². The molecule has 3 aromatic rings. The Morgan fingerprint density at radius 1 is 0.909 bits per heavy atom. The van der Waals surface area contributed by atoms with E-state index in [-0.39, 0.29) is 17.6 Å². The number of carbonyl (C=O) groups excluding carboxylic acids is 1. The number of rotatable bonds is 7. The molecule has 8 heteroatoms. The predicted molar refractivity (Wildman–Crippen MR) is 130 cm³/mol. The van der Waals surface area contributed by atoms with Crippen LogP contribution in [0.5, 0.6) is 0 Å². The molecule has 172 valence electrons. The van der Waals surface area contributed by atoms with E-state index in [9.17, 15) is 13.2 Å². The summed E-state index contributed by atoms with van der Waals surface area (Å²) in [4.78, 5) is 16.8. The third-order valence-electron chi connectivity index (χ3n) is 5.86. The molecule has 2 heterocycles. The standard InChI is InChI=1S/C25H26ClN3O3S/c26-23-5-1-21(2-6-23)18-33(31,32)29-15-11-22(12-16-29)25(30)28-24-7-3-19(4-8-24)17-20-9-13-27-14-10-20/h1-10,13-14,22H,11-12,15-18H2,(H,28,30). The van der Waals surface area contributed by atoms with Gasteiger partial charge in [-0.1, -0.05) is 35.9 Å². The van der Waals surface area contributed by atoms with Gasteiger partial charge in [0.05, 0.1) is 5.75 Å². The van der Waals surface area contributed by atoms with Gasteiger partial charge in [0.1, 0.15) is 0 Å². The molecular formula is C25H26ClN3O3S. The molecular weight excluding hydrogens is 458 g/mol. The average Bonchev–Trinajstić information content (AvgIpc) is 2.82. The van der Waals surface area contributed by atoms with E-state index in [1.807, 2.05) is 36.4 Å². The molecule has 1 saturated heterocycles. The molecule has 6 nitrogen and oxygen atoms in total. The minimum absolute atomic E-state index is 0.0626. The third-order valence-corrected chi connectivity index (χ3v) is 7.96. The van der Waals surface area contributed by atoms with Crippen molar-refractivity contribution in [2.75, 3.05) is 18.4 Å². The highest BCUT2D eigenvalue weighted by Gasteiger charge is 2.31. The normalized spacial score (nSPS) is 15.3. The number of hydrogen-bond acceptors (Lipinski definition) is 4. The summed E-state index contributed by atoms with van der Waals surface area (Å²) in [5, 5.41) is 3.55. The lowest BCUT2D eigenvalue weighted by molar-refractivity contribution is -0.120. The summed E-state index contributed by atoms with van der Waals surface area (Å²) in [5.74, 6) is -0.331. The van der Waals surface area contributed by atoms with E-state index in [1.165, 1.54) is 9.87 Å². The summed E-state index contributed by atoms with van der Waals surface area (Å²) in [6, 6.07) is 18.6. The molecule has 0 bridgehead atoms. The Kier molecular flexibility index (Phi) is 7.42. The van der Waals surface area contributed by atoms with Gasteiger partial charge >= 0.3 is 0 Å². The predicted octanol–water partition coefficient (Wildman–Crippen LogP) is 4.51. The maximum Gasteiger partial charge on any atom is 0.227 e. The van der Waals surface area contributed by atoms with Crippen LogP contribution in [0.3, 0.4) is 0 Å². The number of halogens is 1. The van der Waals surface area contributed by atoms with Crippen molar-refractivity contribution in [3.63, 3.8) is 0 Å². The molecule has 4 rings (SSSR count). The Bertz CT molecular complexity index is 1180. The summed E-state index contributed by atoms with van der Waals surface area (Å²) in [7, 11) is -3.43. The first kappa shape index (κ1) is 23.4. The van der Waals surface area contributed by atoms with Crippen LogP contribution < -0.4 is 5.32 Å². The van der Waals surface area contributed by atoms with Crippen LogP contribution in [0.15, 0.2) is 73.1 Å². The summed E-state index contributed by atoms with van der Waals surface area (Å²) in [6.45, 7) is 0.692. The number of piperidine rings is 1. The van der Waals surface area contributed by atoms with Crippen LogP contribution in [0.4, 0.5) is 5.69 Å². The van der Waals surface area contributed by atoms with Gasteiger partial charge in [0.25, 0.3) is 0 Å². The number of sulfonamides is 1. The van der Waals surface area contributed by atoms with E-state index in [0.717, 1.165) is 17.7 Å². The molecule has 1 aromatic heterocycles. The first-order valence-corrected chi connectivity index (χ1v) is 12.9. The lowest BCUT2D eigenvalue weighted by Gasteiger charge is -2.30. The number of anilines is 1. The highest BCUT2D eigenvalue weighted by Crippen LogP contribution is 2.24. The van der Waals surface area contributed by atoms with Crippen LogP contribution in [0, 0.1) is 5.92 Å². The second-order valence-corrected chi connectivity index (χ2v) is 10.7. The molecule has 1 fully saturated rings. The smallest absolute Gasteiger partial charge is 0.227 e. The van der Waals surface area contributed by atoms with Crippen LogP contribution in [0.1, 0.15) is 29.5 Å². The number of nitrogens with zero attached hydrogens (tertiary/aromatic N) is 2. The van der Waals surface area contributed by atoms with Gasteiger partial charge < -0.3 is 5.32 Å². The zero-order valence-electron chi connectivity index (χ0n) is 18.2. The minimum atomic E-state index is -3.43. The van der Waals surface area contributed by atoms with Gasteiger partial charge in [-0.15, -0.1) is 0 Å². The Morgan fingerprint density at radius 2 is 1.48 bits per heavy atom. The number of carbonyl (C=O) groups is 1. The molecule has 33 heavy (non-hydrogen) atoms. The van der Waals surface area contributed by atoms with Crippen molar-refractivity contribution >= 4 is 33.2 Å². The Hall–Kier alpha value is -2.74. The third kappa shape index (κ3) is 6.41. The average molecular weight is 484 g/mol. The Morgan fingerprint density at radius 3 is 2.12 bits per heavy atom. The topological polar surface area (TPSA) is 79.4 Å². The molecule has 0 radical (unpaired) electrons. The van der Waals surface area contributed by atoms with Crippen molar-refractivity contribution in [1.29, 1.82) is 0 Å². The van der Waals surface area contributed by atoms with Gasteiger partial charge in [-0.25, -0.2) is 12.7 Å². The number of benzene rings is 2. The van der Waals surface area contributed by atoms with Crippen molar-refractivity contribution in [1.82, 2.24) is 9.29 Å². The van der Waals surface area contributed by atoms with Gasteiger partial charge in [-0.2, -0.15) is 0 Å². The molecule has 0 atom stereocenters. The van der Waals surface area contributed by atoms with Crippen LogP contribution in [-0.4, -0.2) is 36.7 Å². The summed E-state index contributed by atoms with van der Waals surface area (Å²) in [6.07, 6.45) is 5.37. The summed E-state index contributed by atoms with van der Waals surface area (Å²) < 4.78 is 27.0. The second-order valence-electron chi connectivity index (χ2n) is 8.27. The van der Waals surface area contributed by atoms with Crippen molar-refractivity contribution in [2.45, 2.75) is 25.0 Å². The molecule has 1 N–H and O–H groups in total. The van der Waals surface area contributed by atoms with Crippen molar-refractivity contribution < 1.29 is 13.2 Å². The molecule has 0 spiro atoms. The number of aromatic nitrogens is 1. The van der Waals surface area contributed by atoms with Crippen molar-refractivity contribution in [2.24, 2.45) is 5.92 Å². The van der Waals surface area contributed by atoms with Gasteiger partial charge in [-0.05, 0) is 72.4 Å². The van der Waals surface area contributed by atoms with Crippen molar-refractivity contribution in [3.8, 4) is 0 Å². The van der Waals surface area contributed by atoms with Gasteiger partial charge in [0, 0.05) is 42.1 Å². The highest BCUT2D eigenvalue weighted by atomic mass is 35.5. The quantitative estimate of drug-likeness (QED) is 0.536. The van der Waals surface area contributed by atoms with E-state index in [4.69, 9.17) is 11.6 Å². The van der Waals surface area contributed by atoms with Crippen molar-refractivity contribution in [3.05, 3.63) is 94.8 Å². The maximum absolute atomic E-state index is 12.8. The van der Waals surface area contributed by atoms with E-state index in [0.29, 0.717) is 36.5 Å². The molecule has 1 aliphatic rings. The van der Waals surface area contributed by atoms with Crippen LogP contribution in [-0.2, 0) is 27.0 Å². The largest absolute Gasteiger partial charge is 0.326 e. The zero-order valence-corrected chi connectivity index (χ0v) is 19.7. The van der Waals surface area contributed by atoms with Crippen LogP contribution >= 0.6 is 11.6 Å². The number of pyridine rings is 1. The van der Waals surface area contributed by atoms with Gasteiger partial charge in [0.15, 0.2) is 0 Å². The molecule has 2 aromatic carbocycles. The SMILES string of the molecule is O=C(Nc1ccc(Cc2ccncc2)cc1)C1CCN(S(=O)(=O)Cc2ccc(Cl)cc2)CC1. The minimum Gasteiger partial charge on any atom is -0.326 e. The summed E-state index contributed by atoms with van der Waals surface area (Å²) >= 11 is 5.88. The van der Waals surface area contributed by atoms with E-state index in [2.05, 4.69) is 10.3 Å². The molecule has 0 saturated carbocycles. The Labute approximate surface area is 199 Å². The number of nitrogens with one attached hydrogen (secondary N) is 1. The van der Waals surface area contributed by atoms with Gasteiger partial charge in [-0.3, -0.25) is 9.78 Å². The first-order valence-electron chi connectivity index (χ1n) is 10.9. The fourth-order valence-electron chi connectivity index (χ4n) is 3.97. The maximum atomic E-state index is 12.8. The Balaban J connectivity index is 1.28. The van der Waals surface area contributed by atoms with E-state index >= 15 is 0 Å². The monoisotopic (exact) mass is 483 g/mol. The molecule has 1 amide bonds. The fourth-order valence-corrected chi connectivity index (χ4v) is 5.65. The van der Waals surface area contributed by atoms with Gasteiger partial charge in [0.2, 0.25) is 15.9 Å². The van der Waals surface area contributed by atoms with Crippen LogP contribution in [0.25, 0.3) is 0 Å². The van der Waals surface area contributed by atoms with E-state index in [1.54, 1.807) is 36.7 Å². The molecule has 0 unspecified atom stereocenters. The second kappa shape index (κ2) is 10.5. The fraction of sp³-hybridized carbons (Fsp3) is 0.280. The molecule has 1 aliphatic heterocycles. The lowest BCUT2D eigenvalue weighted by atomic mass is 9.97. The summed E-state index contributed by atoms with van der Waals surface area (Å²) in [5.41, 5.74) is 3.78. The highest BCUT2D eigenvalue weighted by molar-refractivity contribution is 7.88. The number of hydrogen-bond donors (Lipinski definition) is 1.